The Morgan fingerprint density at radius 1 is 1.16 bits per heavy atom. The van der Waals surface area contributed by atoms with Crippen LogP contribution in [0.5, 0.6) is 5.75 Å². The van der Waals surface area contributed by atoms with Gasteiger partial charge in [-0.05, 0) is 85.6 Å². The van der Waals surface area contributed by atoms with Gasteiger partial charge in [-0.3, -0.25) is 9.69 Å². The molecule has 1 saturated heterocycles. The fourth-order valence-electron chi connectivity index (χ4n) is 5.04. The SMILES string of the molecule is CC1=C(CN2CC(C(=O)O)C2)CCc2cc(OCC3(Cc4ccc(F)cc4)CC3)ccc21. The monoisotopic (exact) mass is 435 g/mol. The van der Waals surface area contributed by atoms with Crippen LogP contribution in [0.2, 0.25) is 0 Å². The van der Waals surface area contributed by atoms with Gasteiger partial charge in [0.15, 0.2) is 0 Å². The molecule has 1 saturated carbocycles. The van der Waals surface area contributed by atoms with Crippen LogP contribution in [0.25, 0.3) is 5.57 Å². The average Bonchev–Trinajstić information content (AvgIpc) is 3.51. The molecule has 2 aromatic carbocycles. The number of allylic oxidation sites excluding steroid dienone is 1. The van der Waals surface area contributed by atoms with Crippen LogP contribution in [-0.2, 0) is 17.6 Å². The number of rotatable bonds is 8. The van der Waals surface area contributed by atoms with E-state index < -0.39 is 5.97 Å². The molecule has 1 aliphatic heterocycles. The van der Waals surface area contributed by atoms with Crippen LogP contribution in [0, 0.1) is 17.2 Å². The molecule has 2 aromatic rings. The molecular formula is C27H30FNO3. The van der Waals surface area contributed by atoms with Crippen LogP contribution < -0.4 is 4.74 Å². The van der Waals surface area contributed by atoms with E-state index in [-0.39, 0.29) is 17.2 Å². The lowest BCUT2D eigenvalue weighted by molar-refractivity contribution is -0.147. The molecule has 0 unspecified atom stereocenters. The molecule has 0 atom stereocenters. The highest BCUT2D eigenvalue weighted by atomic mass is 19.1. The van der Waals surface area contributed by atoms with Crippen LogP contribution in [0.4, 0.5) is 4.39 Å². The number of carbonyl (C=O) groups is 1. The second-order valence-electron chi connectivity index (χ2n) is 9.87. The van der Waals surface area contributed by atoms with Crippen LogP contribution in [-0.4, -0.2) is 42.2 Å². The maximum atomic E-state index is 13.2. The van der Waals surface area contributed by atoms with E-state index in [1.54, 1.807) is 0 Å². The summed E-state index contributed by atoms with van der Waals surface area (Å²) in [6, 6.07) is 13.3. The number of carboxylic acids is 1. The molecular weight excluding hydrogens is 405 g/mol. The third-order valence-corrected chi connectivity index (χ3v) is 7.42. The minimum absolute atomic E-state index is 0.182. The Balaban J connectivity index is 1.20. The van der Waals surface area contributed by atoms with Crippen molar-refractivity contribution in [1.29, 1.82) is 0 Å². The third-order valence-electron chi connectivity index (χ3n) is 7.42. The van der Waals surface area contributed by atoms with Crippen LogP contribution >= 0.6 is 0 Å². The lowest BCUT2D eigenvalue weighted by Crippen LogP contribution is -2.50. The number of halogens is 1. The summed E-state index contributed by atoms with van der Waals surface area (Å²) in [4.78, 5) is 13.3. The fourth-order valence-corrected chi connectivity index (χ4v) is 5.04. The zero-order chi connectivity index (χ0) is 22.3. The summed E-state index contributed by atoms with van der Waals surface area (Å²) >= 11 is 0. The smallest absolute Gasteiger partial charge is 0.309 e. The first-order valence-corrected chi connectivity index (χ1v) is 11.6. The number of likely N-dealkylation sites (tertiary alicyclic amines) is 1. The summed E-state index contributed by atoms with van der Waals surface area (Å²) in [5.74, 6) is -0.147. The molecule has 4 nitrogen and oxygen atoms in total. The molecule has 1 heterocycles. The van der Waals surface area contributed by atoms with Crippen molar-refractivity contribution in [2.24, 2.45) is 11.3 Å². The lowest BCUT2D eigenvalue weighted by atomic mass is 9.85. The minimum Gasteiger partial charge on any atom is -0.493 e. The molecule has 0 radical (unpaired) electrons. The molecule has 0 bridgehead atoms. The summed E-state index contributed by atoms with van der Waals surface area (Å²) in [7, 11) is 0. The molecule has 32 heavy (non-hydrogen) atoms. The normalized spacial score (nSPS) is 19.9. The molecule has 2 fully saturated rings. The molecule has 5 heteroatoms. The number of hydrogen-bond donors (Lipinski definition) is 1. The third kappa shape index (κ3) is 4.44. The van der Waals surface area contributed by atoms with Crippen molar-refractivity contribution < 1.29 is 19.0 Å². The van der Waals surface area contributed by atoms with Crippen molar-refractivity contribution in [1.82, 2.24) is 4.90 Å². The second kappa shape index (κ2) is 8.36. The quantitative estimate of drug-likeness (QED) is 0.637. The number of hydrogen-bond acceptors (Lipinski definition) is 3. The van der Waals surface area contributed by atoms with Crippen molar-refractivity contribution in [2.45, 2.75) is 39.0 Å². The highest BCUT2D eigenvalue weighted by Gasteiger charge is 2.43. The lowest BCUT2D eigenvalue weighted by Gasteiger charge is -2.38. The van der Waals surface area contributed by atoms with E-state index in [0.717, 1.165) is 44.4 Å². The number of fused-ring (bicyclic) bond motifs is 1. The summed E-state index contributed by atoms with van der Waals surface area (Å²) in [5, 5.41) is 9.08. The minimum atomic E-state index is -0.681. The van der Waals surface area contributed by atoms with Crippen molar-refractivity contribution in [3.63, 3.8) is 0 Å². The number of ether oxygens (including phenoxy) is 1. The van der Waals surface area contributed by atoms with E-state index in [9.17, 15) is 9.18 Å². The molecule has 3 aliphatic rings. The number of nitrogens with zero attached hydrogens (tertiary/aromatic N) is 1. The van der Waals surface area contributed by atoms with Gasteiger partial charge in [0.25, 0.3) is 0 Å². The Bertz CT molecular complexity index is 1050. The van der Waals surface area contributed by atoms with Gasteiger partial charge in [0, 0.05) is 25.0 Å². The van der Waals surface area contributed by atoms with Crippen LogP contribution in [0.3, 0.4) is 0 Å². The average molecular weight is 436 g/mol. The largest absolute Gasteiger partial charge is 0.493 e. The molecule has 0 spiro atoms. The van der Waals surface area contributed by atoms with Gasteiger partial charge in [-0.15, -0.1) is 0 Å². The highest BCUT2D eigenvalue weighted by molar-refractivity contribution is 5.73. The van der Waals surface area contributed by atoms with Gasteiger partial charge in [0.1, 0.15) is 11.6 Å². The van der Waals surface area contributed by atoms with Crippen molar-refractivity contribution >= 4 is 11.5 Å². The summed E-state index contributed by atoms with van der Waals surface area (Å²) in [5.41, 5.74) is 6.73. The number of aliphatic carboxylic acids is 1. The molecule has 1 N–H and O–H groups in total. The Kier molecular flexibility index (Phi) is 5.54. The zero-order valence-corrected chi connectivity index (χ0v) is 18.6. The van der Waals surface area contributed by atoms with Crippen LogP contribution in [0.1, 0.15) is 42.9 Å². The Labute approximate surface area is 188 Å². The fraction of sp³-hybridized carbons (Fsp3) is 0.444. The summed E-state index contributed by atoms with van der Waals surface area (Å²) in [6.45, 7) is 5.07. The Morgan fingerprint density at radius 2 is 1.91 bits per heavy atom. The van der Waals surface area contributed by atoms with E-state index >= 15 is 0 Å². The van der Waals surface area contributed by atoms with E-state index in [0.29, 0.717) is 19.7 Å². The maximum absolute atomic E-state index is 13.2. The van der Waals surface area contributed by atoms with E-state index in [4.69, 9.17) is 9.84 Å². The first-order valence-electron chi connectivity index (χ1n) is 11.6. The van der Waals surface area contributed by atoms with Gasteiger partial charge in [-0.1, -0.05) is 23.8 Å². The van der Waals surface area contributed by atoms with Gasteiger partial charge >= 0.3 is 5.97 Å². The van der Waals surface area contributed by atoms with Crippen molar-refractivity contribution in [3.05, 3.63) is 70.5 Å². The standard InChI is InChI=1S/C27H30FNO3/c1-18-21(14-29-15-22(16-29)26(30)31)5-4-20-12-24(8-9-25(18)20)32-17-27(10-11-27)13-19-2-6-23(28)7-3-19/h2-3,6-9,12,22H,4-5,10-11,13-17H2,1H3,(H,30,31). The zero-order valence-electron chi connectivity index (χ0n) is 18.6. The number of benzene rings is 2. The molecule has 0 aromatic heterocycles. The Hall–Kier alpha value is -2.66. The van der Waals surface area contributed by atoms with Gasteiger partial charge in [-0.25, -0.2) is 4.39 Å². The van der Waals surface area contributed by atoms with Crippen molar-refractivity contribution in [2.75, 3.05) is 26.2 Å². The Morgan fingerprint density at radius 3 is 2.59 bits per heavy atom. The predicted octanol–water partition coefficient (Wildman–Crippen LogP) is 4.96. The van der Waals surface area contributed by atoms with E-state index in [1.807, 2.05) is 12.1 Å². The second-order valence-corrected chi connectivity index (χ2v) is 9.87. The van der Waals surface area contributed by atoms with Gasteiger partial charge in [-0.2, -0.15) is 0 Å². The van der Waals surface area contributed by atoms with Gasteiger partial charge < -0.3 is 9.84 Å². The topological polar surface area (TPSA) is 49.8 Å². The molecule has 5 rings (SSSR count). The van der Waals surface area contributed by atoms with Gasteiger partial charge in [0.2, 0.25) is 0 Å². The maximum Gasteiger partial charge on any atom is 0.309 e. The van der Waals surface area contributed by atoms with E-state index in [2.05, 4.69) is 30.0 Å². The van der Waals surface area contributed by atoms with E-state index in [1.165, 1.54) is 40.0 Å². The van der Waals surface area contributed by atoms with Crippen LogP contribution in [0.15, 0.2) is 48.0 Å². The molecule has 168 valence electrons. The van der Waals surface area contributed by atoms with Gasteiger partial charge in [0.05, 0.1) is 12.5 Å². The highest BCUT2D eigenvalue weighted by Crippen LogP contribution is 2.48. The number of carboxylic acid groups (broad SMARTS) is 1. The molecule has 0 amide bonds. The summed E-state index contributed by atoms with van der Waals surface area (Å²) in [6.07, 6.45) is 5.25. The van der Waals surface area contributed by atoms with Crippen molar-refractivity contribution in [3.8, 4) is 5.75 Å². The summed E-state index contributed by atoms with van der Waals surface area (Å²) < 4.78 is 19.4. The predicted molar refractivity (Wildman–Crippen MR) is 122 cm³/mol. The first-order chi connectivity index (χ1) is 15.4. The number of aryl methyl sites for hydroxylation is 1. The first kappa shape index (κ1) is 21.2. The molecule has 2 aliphatic carbocycles.